The highest BCUT2D eigenvalue weighted by molar-refractivity contribution is 5.93. The minimum Gasteiger partial charge on any atom is -0.466 e. The number of benzene rings is 2. The topological polar surface area (TPSA) is 54.8 Å². The van der Waals surface area contributed by atoms with Crippen LogP contribution in [0.15, 0.2) is 72.8 Å². The summed E-state index contributed by atoms with van der Waals surface area (Å²) in [4.78, 5) is 30.0. The van der Waals surface area contributed by atoms with E-state index >= 15 is 0 Å². The van der Waals surface area contributed by atoms with Crippen molar-refractivity contribution in [3.05, 3.63) is 95.3 Å². The van der Waals surface area contributed by atoms with Gasteiger partial charge in [0.1, 0.15) is 5.69 Å². The predicted octanol–water partition coefficient (Wildman–Crippen LogP) is 4.64. The monoisotopic (exact) mass is 473 g/mol. The lowest BCUT2D eigenvalue weighted by Crippen LogP contribution is -2.37. The second-order valence-electron chi connectivity index (χ2n) is 9.20. The van der Waals surface area contributed by atoms with E-state index in [1.807, 2.05) is 72.0 Å². The third-order valence-corrected chi connectivity index (χ3v) is 6.76. The lowest BCUT2D eigenvalue weighted by Gasteiger charge is -2.31. The molecular formula is C29H35N3O3. The third-order valence-electron chi connectivity index (χ3n) is 6.76. The molecule has 0 N–H and O–H groups in total. The number of aromatic nitrogens is 1. The van der Waals surface area contributed by atoms with Crippen molar-refractivity contribution in [2.75, 3.05) is 19.7 Å². The van der Waals surface area contributed by atoms with E-state index < -0.39 is 0 Å². The van der Waals surface area contributed by atoms with Crippen molar-refractivity contribution >= 4 is 11.9 Å². The lowest BCUT2D eigenvalue weighted by molar-refractivity contribution is -0.149. The zero-order valence-corrected chi connectivity index (χ0v) is 20.7. The van der Waals surface area contributed by atoms with Gasteiger partial charge < -0.3 is 14.2 Å². The SMILES string of the molecule is CCOC(=O)C1CCN(Cc2ccc(C(=O)N(Cc3ccccc3)Cc3ccccc3)n2C)CC1. The van der Waals surface area contributed by atoms with E-state index in [0.29, 0.717) is 25.4 Å². The molecule has 184 valence electrons. The van der Waals surface area contributed by atoms with Crippen LogP contribution in [0.1, 0.15) is 47.1 Å². The summed E-state index contributed by atoms with van der Waals surface area (Å²) in [6.07, 6.45) is 1.63. The van der Waals surface area contributed by atoms with Gasteiger partial charge in [-0.15, -0.1) is 0 Å². The van der Waals surface area contributed by atoms with Gasteiger partial charge in [0.2, 0.25) is 0 Å². The van der Waals surface area contributed by atoms with Crippen LogP contribution in [0, 0.1) is 5.92 Å². The quantitative estimate of drug-likeness (QED) is 0.425. The van der Waals surface area contributed by atoms with Crippen LogP contribution in [-0.2, 0) is 36.2 Å². The highest BCUT2D eigenvalue weighted by Gasteiger charge is 2.27. The summed E-state index contributed by atoms with van der Waals surface area (Å²) in [5.41, 5.74) is 4.00. The number of likely N-dealkylation sites (tertiary alicyclic amines) is 1. The van der Waals surface area contributed by atoms with Crippen molar-refractivity contribution in [2.24, 2.45) is 13.0 Å². The summed E-state index contributed by atoms with van der Waals surface area (Å²) in [7, 11) is 1.97. The van der Waals surface area contributed by atoms with Gasteiger partial charge in [-0.2, -0.15) is 0 Å². The van der Waals surface area contributed by atoms with Gasteiger partial charge in [-0.25, -0.2) is 0 Å². The van der Waals surface area contributed by atoms with E-state index in [1.165, 1.54) is 0 Å². The number of hydrogen-bond donors (Lipinski definition) is 0. The Morgan fingerprint density at radius 2 is 1.46 bits per heavy atom. The van der Waals surface area contributed by atoms with E-state index in [0.717, 1.165) is 49.3 Å². The molecule has 0 atom stereocenters. The Balaban J connectivity index is 1.45. The van der Waals surface area contributed by atoms with E-state index in [-0.39, 0.29) is 17.8 Å². The molecule has 0 bridgehead atoms. The van der Waals surface area contributed by atoms with Gasteiger partial charge in [0, 0.05) is 32.4 Å². The molecule has 0 unspecified atom stereocenters. The molecule has 2 aromatic carbocycles. The van der Waals surface area contributed by atoms with Crippen molar-refractivity contribution in [1.82, 2.24) is 14.4 Å². The molecule has 1 aliphatic rings. The number of rotatable bonds is 9. The molecule has 2 heterocycles. The zero-order chi connectivity index (χ0) is 24.6. The zero-order valence-electron chi connectivity index (χ0n) is 20.7. The van der Waals surface area contributed by atoms with E-state index in [9.17, 15) is 9.59 Å². The minimum atomic E-state index is -0.0733. The normalized spacial score (nSPS) is 14.6. The number of carbonyl (C=O) groups excluding carboxylic acids is 2. The predicted molar refractivity (Wildman–Crippen MR) is 137 cm³/mol. The molecule has 1 aromatic heterocycles. The number of nitrogens with zero attached hydrogens (tertiary/aromatic N) is 3. The Labute approximate surface area is 208 Å². The molecule has 0 radical (unpaired) electrons. The number of piperidine rings is 1. The van der Waals surface area contributed by atoms with Crippen molar-refractivity contribution in [3.63, 3.8) is 0 Å². The van der Waals surface area contributed by atoms with Gasteiger partial charge >= 0.3 is 5.97 Å². The molecule has 3 aromatic rings. The van der Waals surface area contributed by atoms with Crippen molar-refractivity contribution in [2.45, 2.75) is 39.4 Å². The Hall–Kier alpha value is -3.38. The number of amides is 1. The fourth-order valence-corrected chi connectivity index (χ4v) is 4.71. The molecule has 0 spiro atoms. The van der Waals surface area contributed by atoms with Gasteiger partial charge in [0.25, 0.3) is 5.91 Å². The van der Waals surface area contributed by atoms with Crippen molar-refractivity contribution in [1.29, 1.82) is 0 Å². The summed E-state index contributed by atoms with van der Waals surface area (Å²) in [5, 5.41) is 0. The number of ether oxygens (including phenoxy) is 1. The standard InChI is InChI=1S/C29H35N3O3/c1-3-35-29(34)25-16-18-31(19-17-25)22-26-14-15-27(30(26)2)28(33)32(20-23-10-6-4-7-11-23)21-24-12-8-5-9-13-24/h4-15,25H,3,16-22H2,1-2H3. The first-order valence-corrected chi connectivity index (χ1v) is 12.5. The van der Waals surface area contributed by atoms with E-state index in [2.05, 4.69) is 29.2 Å². The molecule has 1 fully saturated rings. The highest BCUT2D eigenvalue weighted by Crippen LogP contribution is 2.22. The first kappa shape index (κ1) is 24.7. The molecule has 35 heavy (non-hydrogen) atoms. The second-order valence-corrected chi connectivity index (χ2v) is 9.20. The molecule has 1 aliphatic heterocycles. The molecule has 6 nitrogen and oxygen atoms in total. The molecule has 6 heteroatoms. The largest absolute Gasteiger partial charge is 0.466 e. The van der Waals surface area contributed by atoms with Gasteiger partial charge in [-0.1, -0.05) is 60.7 Å². The number of hydrogen-bond acceptors (Lipinski definition) is 4. The van der Waals surface area contributed by atoms with Crippen LogP contribution < -0.4 is 0 Å². The van der Waals surface area contributed by atoms with Crippen LogP contribution in [0.5, 0.6) is 0 Å². The molecule has 1 amide bonds. The summed E-state index contributed by atoms with van der Waals surface area (Å²) in [5.74, 6) is -0.0513. The van der Waals surface area contributed by atoms with Crippen LogP contribution in [0.2, 0.25) is 0 Å². The second kappa shape index (κ2) is 11.8. The maximum atomic E-state index is 13.7. The molecule has 0 saturated carbocycles. The Morgan fingerprint density at radius 3 is 2.00 bits per heavy atom. The smallest absolute Gasteiger partial charge is 0.309 e. The summed E-state index contributed by atoms with van der Waals surface area (Å²) < 4.78 is 7.20. The van der Waals surface area contributed by atoms with Crippen LogP contribution in [0.25, 0.3) is 0 Å². The summed E-state index contributed by atoms with van der Waals surface area (Å²) in [6, 6.07) is 24.2. The van der Waals surface area contributed by atoms with Crippen LogP contribution in [0.4, 0.5) is 0 Å². The Morgan fingerprint density at radius 1 is 0.886 bits per heavy atom. The molecule has 0 aliphatic carbocycles. The Kier molecular flexibility index (Phi) is 8.37. The fraction of sp³-hybridized carbons (Fsp3) is 0.379. The van der Waals surface area contributed by atoms with Crippen LogP contribution in [-0.4, -0.2) is 45.9 Å². The Bertz CT molecular complexity index is 1060. The van der Waals surface area contributed by atoms with Gasteiger partial charge in [0.15, 0.2) is 0 Å². The number of carbonyl (C=O) groups is 2. The third kappa shape index (κ3) is 6.40. The molecule has 1 saturated heterocycles. The summed E-state index contributed by atoms with van der Waals surface area (Å²) >= 11 is 0. The first-order chi connectivity index (χ1) is 17.0. The number of esters is 1. The average Bonchev–Trinajstić information content (AvgIpc) is 3.24. The molecule has 4 rings (SSSR count). The van der Waals surface area contributed by atoms with Gasteiger partial charge in [0.05, 0.1) is 12.5 Å². The van der Waals surface area contributed by atoms with Gasteiger partial charge in [-0.05, 0) is 56.1 Å². The van der Waals surface area contributed by atoms with E-state index in [4.69, 9.17) is 4.74 Å². The minimum absolute atomic E-state index is 0.00119. The highest BCUT2D eigenvalue weighted by atomic mass is 16.5. The van der Waals surface area contributed by atoms with E-state index in [1.54, 1.807) is 0 Å². The maximum Gasteiger partial charge on any atom is 0.309 e. The van der Waals surface area contributed by atoms with Gasteiger partial charge in [-0.3, -0.25) is 14.5 Å². The summed E-state index contributed by atoms with van der Waals surface area (Å²) in [6.45, 7) is 5.86. The van der Waals surface area contributed by atoms with Crippen molar-refractivity contribution in [3.8, 4) is 0 Å². The van der Waals surface area contributed by atoms with Crippen molar-refractivity contribution < 1.29 is 14.3 Å². The van der Waals surface area contributed by atoms with Crippen LogP contribution in [0.3, 0.4) is 0 Å². The fourth-order valence-electron chi connectivity index (χ4n) is 4.71. The van der Waals surface area contributed by atoms with Crippen LogP contribution >= 0.6 is 0 Å². The first-order valence-electron chi connectivity index (χ1n) is 12.5. The maximum absolute atomic E-state index is 13.7. The lowest BCUT2D eigenvalue weighted by atomic mass is 9.97. The average molecular weight is 474 g/mol. The molecular weight excluding hydrogens is 438 g/mol.